The zero-order chi connectivity index (χ0) is 18.4. The van der Waals surface area contributed by atoms with Gasteiger partial charge in [0.2, 0.25) is 0 Å². The number of nitrogens with one attached hydrogen (secondary N) is 1. The van der Waals surface area contributed by atoms with Crippen molar-refractivity contribution in [1.29, 1.82) is 0 Å². The first-order valence-electron chi connectivity index (χ1n) is 7.89. The summed E-state index contributed by atoms with van der Waals surface area (Å²) in [5.74, 6) is 1.49. The van der Waals surface area contributed by atoms with Crippen LogP contribution in [0, 0.1) is 0 Å². The number of para-hydroxylation sites is 1. The van der Waals surface area contributed by atoms with E-state index in [1.54, 1.807) is 51.5 Å². The number of ether oxygens (including phenoxy) is 3. The molecule has 0 saturated carbocycles. The molecule has 1 amide bonds. The van der Waals surface area contributed by atoms with E-state index in [1.165, 1.54) is 0 Å². The van der Waals surface area contributed by atoms with E-state index in [1.807, 2.05) is 19.1 Å². The highest BCUT2D eigenvalue weighted by Crippen LogP contribution is 2.30. The Kier molecular flexibility index (Phi) is 6.53. The fraction of sp³-hybridized carbons (Fsp3) is 0.316. The van der Waals surface area contributed by atoms with E-state index in [9.17, 15) is 4.79 Å². The monoisotopic (exact) mass is 363 g/mol. The Balaban J connectivity index is 2.03. The minimum atomic E-state index is -0.678. The van der Waals surface area contributed by atoms with Gasteiger partial charge in [-0.2, -0.15) is 0 Å². The second-order valence-electron chi connectivity index (χ2n) is 5.54. The highest BCUT2D eigenvalue weighted by atomic mass is 35.5. The summed E-state index contributed by atoms with van der Waals surface area (Å²) in [6.07, 6.45) is -0.678. The maximum absolute atomic E-state index is 12.4. The average molecular weight is 364 g/mol. The van der Waals surface area contributed by atoms with Crippen LogP contribution in [0.3, 0.4) is 0 Å². The number of carbonyl (C=O) groups excluding carboxylic acids is 1. The number of amides is 1. The molecule has 0 radical (unpaired) electrons. The highest BCUT2D eigenvalue weighted by Gasteiger charge is 2.19. The molecule has 0 aromatic heterocycles. The molecule has 0 heterocycles. The first-order valence-corrected chi connectivity index (χ1v) is 8.27. The number of methoxy groups -OCH3 is 2. The van der Waals surface area contributed by atoms with Gasteiger partial charge in [0, 0.05) is 0 Å². The first kappa shape index (κ1) is 18.9. The van der Waals surface area contributed by atoms with E-state index in [0.717, 1.165) is 5.56 Å². The van der Waals surface area contributed by atoms with Crippen molar-refractivity contribution in [3.05, 3.63) is 53.1 Å². The molecule has 0 spiro atoms. The van der Waals surface area contributed by atoms with Crippen LogP contribution in [0.5, 0.6) is 17.2 Å². The molecule has 0 aliphatic carbocycles. The van der Waals surface area contributed by atoms with Gasteiger partial charge in [0.1, 0.15) is 5.75 Å². The predicted molar refractivity (Wildman–Crippen MR) is 97.6 cm³/mol. The molecule has 5 nitrogen and oxygen atoms in total. The van der Waals surface area contributed by atoms with Crippen molar-refractivity contribution >= 4 is 17.5 Å². The molecule has 0 aliphatic rings. The Hall–Kier alpha value is -2.40. The molecule has 0 fully saturated rings. The lowest BCUT2D eigenvalue weighted by Gasteiger charge is -2.20. The van der Waals surface area contributed by atoms with Crippen molar-refractivity contribution < 1.29 is 19.0 Å². The molecule has 2 aromatic rings. The third-order valence-corrected chi connectivity index (χ3v) is 4.09. The normalized spacial score (nSPS) is 12.8. The van der Waals surface area contributed by atoms with Crippen LogP contribution in [0.2, 0.25) is 5.02 Å². The maximum Gasteiger partial charge on any atom is 0.261 e. The topological polar surface area (TPSA) is 56.8 Å². The second-order valence-corrected chi connectivity index (χ2v) is 5.94. The fourth-order valence-corrected chi connectivity index (χ4v) is 2.50. The van der Waals surface area contributed by atoms with Gasteiger partial charge in [-0.3, -0.25) is 4.79 Å². The minimum Gasteiger partial charge on any atom is -0.493 e. The van der Waals surface area contributed by atoms with Crippen LogP contribution in [0.4, 0.5) is 0 Å². The molecular formula is C19H22ClNO4. The third-order valence-electron chi connectivity index (χ3n) is 3.78. The molecule has 2 atom stereocenters. The summed E-state index contributed by atoms with van der Waals surface area (Å²) in [7, 11) is 3.15. The molecule has 1 N–H and O–H groups in total. The lowest BCUT2D eigenvalue weighted by Crippen LogP contribution is -2.37. The zero-order valence-corrected chi connectivity index (χ0v) is 15.5. The van der Waals surface area contributed by atoms with Crippen LogP contribution in [-0.4, -0.2) is 26.2 Å². The number of rotatable bonds is 7. The Morgan fingerprint density at radius 1 is 1.00 bits per heavy atom. The van der Waals surface area contributed by atoms with Gasteiger partial charge in [-0.05, 0) is 43.7 Å². The summed E-state index contributed by atoms with van der Waals surface area (Å²) in [5.41, 5.74) is 0.899. The largest absolute Gasteiger partial charge is 0.493 e. The number of benzene rings is 2. The average Bonchev–Trinajstić information content (AvgIpc) is 2.62. The molecule has 2 rings (SSSR count). The second kappa shape index (κ2) is 8.62. The Bertz CT molecular complexity index is 735. The molecule has 134 valence electrons. The quantitative estimate of drug-likeness (QED) is 0.807. The smallest absolute Gasteiger partial charge is 0.261 e. The zero-order valence-electron chi connectivity index (χ0n) is 14.7. The van der Waals surface area contributed by atoms with Crippen molar-refractivity contribution in [2.75, 3.05) is 14.2 Å². The molecule has 0 aliphatic heterocycles. The number of halogens is 1. The summed E-state index contributed by atoms with van der Waals surface area (Å²) in [5, 5.41) is 3.39. The highest BCUT2D eigenvalue weighted by molar-refractivity contribution is 6.32. The van der Waals surface area contributed by atoms with Crippen LogP contribution < -0.4 is 19.5 Å². The minimum absolute atomic E-state index is 0.218. The first-order chi connectivity index (χ1) is 12.0. The number of hydrogen-bond acceptors (Lipinski definition) is 4. The summed E-state index contributed by atoms with van der Waals surface area (Å²) in [6, 6.07) is 12.4. The van der Waals surface area contributed by atoms with Crippen molar-refractivity contribution in [2.24, 2.45) is 0 Å². The molecular weight excluding hydrogens is 342 g/mol. The molecule has 2 unspecified atom stereocenters. The van der Waals surface area contributed by atoms with E-state index < -0.39 is 6.10 Å². The van der Waals surface area contributed by atoms with Gasteiger partial charge in [0.05, 0.1) is 25.3 Å². The lowest BCUT2D eigenvalue weighted by atomic mass is 10.1. The Labute approximate surface area is 152 Å². The van der Waals surface area contributed by atoms with Crippen molar-refractivity contribution in [2.45, 2.75) is 26.0 Å². The van der Waals surface area contributed by atoms with Gasteiger partial charge in [-0.25, -0.2) is 0 Å². The Morgan fingerprint density at radius 3 is 2.32 bits per heavy atom. The molecule has 25 heavy (non-hydrogen) atoms. The van der Waals surface area contributed by atoms with Crippen LogP contribution >= 0.6 is 11.6 Å². The number of carbonyl (C=O) groups is 1. The van der Waals surface area contributed by atoms with Gasteiger partial charge in [0.15, 0.2) is 17.6 Å². The molecule has 6 heteroatoms. The predicted octanol–water partition coefficient (Wildman–Crippen LogP) is 4.00. The molecule has 0 bridgehead atoms. The van der Waals surface area contributed by atoms with E-state index in [4.69, 9.17) is 25.8 Å². The third kappa shape index (κ3) is 4.79. The molecule has 0 saturated heterocycles. The van der Waals surface area contributed by atoms with Gasteiger partial charge >= 0.3 is 0 Å². The summed E-state index contributed by atoms with van der Waals surface area (Å²) >= 11 is 6.05. The number of hydrogen-bond donors (Lipinski definition) is 1. The van der Waals surface area contributed by atoms with Crippen LogP contribution in [-0.2, 0) is 4.79 Å². The van der Waals surface area contributed by atoms with Gasteiger partial charge in [0.25, 0.3) is 5.91 Å². The summed E-state index contributed by atoms with van der Waals surface area (Å²) < 4.78 is 16.2. The maximum atomic E-state index is 12.4. The SMILES string of the molecule is COc1ccc(C(C)NC(=O)C(C)Oc2ccccc2Cl)cc1OC. The Morgan fingerprint density at radius 2 is 1.68 bits per heavy atom. The van der Waals surface area contributed by atoms with Crippen molar-refractivity contribution in [1.82, 2.24) is 5.32 Å². The lowest BCUT2D eigenvalue weighted by molar-refractivity contribution is -0.127. The van der Waals surface area contributed by atoms with Gasteiger partial charge < -0.3 is 19.5 Å². The van der Waals surface area contributed by atoms with Crippen LogP contribution in [0.1, 0.15) is 25.5 Å². The van der Waals surface area contributed by atoms with Gasteiger partial charge in [-0.1, -0.05) is 29.8 Å². The fourth-order valence-electron chi connectivity index (χ4n) is 2.32. The van der Waals surface area contributed by atoms with Gasteiger partial charge in [-0.15, -0.1) is 0 Å². The summed E-state index contributed by atoms with van der Waals surface area (Å²) in [4.78, 5) is 12.4. The van der Waals surface area contributed by atoms with E-state index >= 15 is 0 Å². The van der Waals surface area contributed by atoms with Crippen LogP contribution in [0.25, 0.3) is 0 Å². The van der Waals surface area contributed by atoms with Crippen molar-refractivity contribution in [3.63, 3.8) is 0 Å². The summed E-state index contributed by atoms with van der Waals surface area (Å²) in [6.45, 7) is 3.57. The van der Waals surface area contributed by atoms with E-state index in [0.29, 0.717) is 22.3 Å². The standard InChI is InChI=1S/C19H22ClNO4/c1-12(14-9-10-17(23-3)18(11-14)24-4)21-19(22)13(2)25-16-8-6-5-7-15(16)20/h5-13H,1-4H3,(H,21,22). The van der Waals surface area contributed by atoms with Crippen LogP contribution in [0.15, 0.2) is 42.5 Å². The van der Waals surface area contributed by atoms with Crippen molar-refractivity contribution in [3.8, 4) is 17.2 Å². The van der Waals surface area contributed by atoms with E-state index in [2.05, 4.69) is 5.32 Å². The van der Waals surface area contributed by atoms with E-state index in [-0.39, 0.29) is 11.9 Å². The molecule has 2 aromatic carbocycles.